The van der Waals surface area contributed by atoms with Crippen molar-refractivity contribution in [2.75, 3.05) is 46.1 Å². The van der Waals surface area contributed by atoms with Gasteiger partial charge in [-0.2, -0.15) is 0 Å². The van der Waals surface area contributed by atoms with Gasteiger partial charge in [-0.3, -0.25) is 9.69 Å². The molecule has 2 aromatic rings. The van der Waals surface area contributed by atoms with Gasteiger partial charge in [-0.05, 0) is 48.7 Å². The van der Waals surface area contributed by atoms with Crippen molar-refractivity contribution in [3.8, 4) is 11.5 Å². The predicted octanol–water partition coefficient (Wildman–Crippen LogP) is 1.83. The molecular formula is C24H29N3O6S. The first-order chi connectivity index (χ1) is 16.5. The highest BCUT2D eigenvalue weighted by Crippen LogP contribution is 2.32. The standard InChI is InChI=1S/C24H29N3O6S/c28-24(19-3-1-5-21(14-19)34(29,30)25-15-20-4-2-12-31-20)27-10-8-26(9-11-27)16-18-6-7-22-23(13-18)33-17-32-22/h1,3,5-7,13-14,20,25H,2,4,8-12,15-17H2/t20-/m0/s1. The summed E-state index contributed by atoms with van der Waals surface area (Å²) in [5.74, 6) is 1.38. The van der Waals surface area contributed by atoms with Crippen molar-refractivity contribution >= 4 is 15.9 Å². The molecule has 0 unspecified atom stereocenters. The topological polar surface area (TPSA) is 97.4 Å². The van der Waals surface area contributed by atoms with Gasteiger partial charge in [-0.1, -0.05) is 12.1 Å². The highest BCUT2D eigenvalue weighted by molar-refractivity contribution is 7.89. The highest BCUT2D eigenvalue weighted by Gasteiger charge is 2.25. The second kappa shape index (κ2) is 9.91. The van der Waals surface area contributed by atoms with E-state index in [-0.39, 0.29) is 30.2 Å². The predicted molar refractivity (Wildman–Crippen MR) is 124 cm³/mol. The summed E-state index contributed by atoms with van der Waals surface area (Å²) in [5, 5.41) is 0. The van der Waals surface area contributed by atoms with Gasteiger partial charge in [0.25, 0.3) is 5.91 Å². The molecule has 2 aromatic carbocycles. The van der Waals surface area contributed by atoms with Crippen LogP contribution in [0.25, 0.3) is 0 Å². The molecule has 3 aliphatic rings. The number of hydrogen-bond acceptors (Lipinski definition) is 7. The monoisotopic (exact) mass is 487 g/mol. The lowest BCUT2D eigenvalue weighted by Crippen LogP contribution is -2.48. The third-order valence-electron chi connectivity index (χ3n) is 6.42. The maximum atomic E-state index is 13.1. The minimum atomic E-state index is -3.71. The molecule has 1 N–H and O–H groups in total. The molecule has 1 amide bonds. The van der Waals surface area contributed by atoms with Crippen molar-refractivity contribution in [3.05, 3.63) is 53.6 Å². The Balaban J connectivity index is 1.17. The van der Waals surface area contributed by atoms with Crippen LogP contribution >= 0.6 is 0 Å². The molecule has 2 fully saturated rings. The molecule has 3 heterocycles. The van der Waals surface area contributed by atoms with Gasteiger partial charge >= 0.3 is 0 Å². The molecule has 182 valence electrons. The van der Waals surface area contributed by atoms with Crippen LogP contribution in [0.2, 0.25) is 0 Å². The fraction of sp³-hybridized carbons (Fsp3) is 0.458. The Morgan fingerprint density at radius 1 is 1.03 bits per heavy atom. The van der Waals surface area contributed by atoms with Crippen LogP contribution in [0.4, 0.5) is 0 Å². The minimum absolute atomic E-state index is 0.0893. The highest BCUT2D eigenvalue weighted by atomic mass is 32.2. The Hall–Kier alpha value is -2.66. The molecule has 5 rings (SSSR count). The van der Waals surface area contributed by atoms with Crippen molar-refractivity contribution in [1.82, 2.24) is 14.5 Å². The zero-order valence-electron chi connectivity index (χ0n) is 18.9. The van der Waals surface area contributed by atoms with Crippen LogP contribution in [0.15, 0.2) is 47.4 Å². The maximum Gasteiger partial charge on any atom is 0.253 e. The van der Waals surface area contributed by atoms with Crippen LogP contribution in [0.5, 0.6) is 11.5 Å². The zero-order chi connectivity index (χ0) is 23.5. The molecule has 0 saturated carbocycles. The number of carbonyl (C=O) groups is 1. The van der Waals surface area contributed by atoms with E-state index in [1.807, 2.05) is 18.2 Å². The molecule has 1 atom stereocenters. The Morgan fingerprint density at radius 2 is 1.85 bits per heavy atom. The molecule has 34 heavy (non-hydrogen) atoms. The number of nitrogens with one attached hydrogen (secondary N) is 1. The van der Waals surface area contributed by atoms with Crippen molar-refractivity contribution in [2.24, 2.45) is 0 Å². The van der Waals surface area contributed by atoms with Crippen molar-refractivity contribution in [1.29, 1.82) is 0 Å². The number of sulfonamides is 1. The summed E-state index contributed by atoms with van der Waals surface area (Å²) in [6.07, 6.45) is 1.70. The first kappa shape index (κ1) is 23.1. The quantitative estimate of drug-likeness (QED) is 0.636. The Labute approximate surface area is 199 Å². The van der Waals surface area contributed by atoms with Crippen molar-refractivity contribution < 1.29 is 27.4 Å². The number of benzene rings is 2. The van der Waals surface area contributed by atoms with Gasteiger partial charge in [-0.15, -0.1) is 0 Å². The van der Waals surface area contributed by atoms with E-state index in [0.29, 0.717) is 25.3 Å². The van der Waals surface area contributed by atoms with Gasteiger partial charge in [0.2, 0.25) is 16.8 Å². The van der Waals surface area contributed by atoms with Crippen LogP contribution in [-0.2, 0) is 21.3 Å². The van der Waals surface area contributed by atoms with E-state index >= 15 is 0 Å². The normalized spacial score (nSPS) is 20.6. The molecule has 2 saturated heterocycles. The lowest BCUT2D eigenvalue weighted by molar-refractivity contribution is 0.0628. The van der Waals surface area contributed by atoms with Crippen LogP contribution in [0, 0.1) is 0 Å². The lowest BCUT2D eigenvalue weighted by atomic mass is 10.1. The average Bonchev–Trinajstić information content (AvgIpc) is 3.55. The molecule has 0 bridgehead atoms. The van der Waals surface area contributed by atoms with E-state index in [1.54, 1.807) is 17.0 Å². The second-order valence-electron chi connectivity index (χ2n) is 8.77. The first-order valence-corrected chi connectivity index (χ1v) is 13.1. The fourth-order valence-corrected chi connectivity index (χ4v) is 5.59. The molecule has 3 aliphatic heterocycles. The summed E-state index contributed by atoms with van der Waals surface area (Å²) < 4.78 is 44.3. The number of hydrogen-bond donors (Lipinski definition) is 1. The van der Waals surface area contributed by atoms with Crippen LogP contribution in [-0.4, -0.2) is 76.4 Å². The van der Waals surface area contributed by atoms with Crippen LogP contribution < -0.4 is 14.2 Å². The second-order valence-corrected chi connectivity index (χ2v) is 10.5. The SMILES string of the molecule is O=C(c1cccc(S(=O)(=O)NC[C@@H]2CCCO2)c1)N1CCN(Cc2ccc3c(c2)OCO3)CC1. The van der Waals surface area contributed by atoms with E-state index in [0.717, 1.165) is 49.5 Å². The maximum absolute atomic E-state index is 13.1. The minimum Gasteiger partial charge on any atom is -0.454 e. The molecule has 0 spiro atoms. The summed E-state index contributed by atoms with van der Waals surface area (Å²) in [5.41, 5.74) is 1.52. The Kier molecular flexibility index (Phi) is 6.73. The molecule has 0 radical (unpaired) electrons. The number of ether oxygens (including phenoxy) is 3. The van der Waals surface area contributed by atoms with Gasteiger partial charge < -0.3 is 19.1 Å². The molecule has 0 aromatic heterocycles. The van der Waals surface area contributed by atoms with Crippen LogP contribution in [0.1, 0.15) is 28.8 Å². The number of fused-ring (bicyclic) bond motifs is 1. The van der Waals surface area contributed by atoms with E-state index in [4.69, 9.17) is 14.2 Å². The number of nitrogens with zero attached hydrogens (tertiary/aromatic N) is 2. The largest absolute Gasteiger partial charge is 0.454 e. The van der Waals surface area contributed by atoms with E-state index < -0.39 is 10.0 Å². The van der Waals surface area contributed by atoms with Gasteiger partial charge in [0.05, 0.1) is 11.0 Å². The zero-order valence-corrected chi connectivity index (χ0v) is 19.8. The summed E-state index contributed by atoms with van der Waals surface area (Å²) in [6.45, 7) is 4.57. The molecule has 9 nitrogen and oxygen atoms in total. The van der Waals surface area contributed by atoms with Gasteiger partial charge in [-0.25, -0.2) is 13.1 Å². The molecular weight excluding hydrogens is 458 g/mol. The summed E-state index contributed by atoms with van der Waals surface area (Å²) in [6, 6.07) is 12.2. The van der Waals surface area contributed by atoms with Gasteiger partial charge in [0.15, 0.2) is 11.5 Å². The van der Waals surface area contributed by atoms with E-state index in [9.17, 15) is 13.2 Å². The lowest BCUT2D eigenvalue weighted by Gasteiger charge is -2.34. The smallest absolute Gasteiger partial charge is 0.253 e. The Bertz CT molecular complexity index is 1140. The van der Waals surface area contributed by atoms with Crippen molar-refractivity contribution in [2.45, 2.75) is 30.4 Å². The number of amides is 1. The molecule has 0 aliphatic carbocycles. The molecule has 10 heteroatoms. The summed E-state index contributed by atoms with van der Waals surface area (Å²) >= 11 is 0. The first-order valence-electron chi connectivity index (χ1n) is 11.6. The number of rotatable bonds is 7. The average molecular weight is 488 g/mol. The summed E-state index contributed by atoms with van der Waals surface area (Å²) in [4.78, 5) is 17.2. The van der Waals surface area contributed by atoms with Gasteiger partial charge in [0.1, 0.15) is 0 Å². The number of carbonyl (C=O) groups excluding carboxylic acids is 1. The third-order valence-corrected chi connectivity index (χ3v) is 7.84. The van der Waals surface area contributed by atoms with Gasteiger partial charge in [0, 0.05) is 51.4 Å². The third kappa shape index (κ3) is 5.20. The number of piperazine rings is 1. The van der Waals surface area contributed by atoms with Crippen LogP contribution in [0.3, 0.4) is 0 Å². The van der Waals surface area contributed by atoms with E-state index in [1.165, 1.54) is 12.1 Å². The van der Waals surface area contributed by atoms with E-state index in [2.05, 4.69) is 9.62 Å². The summed E-state index contributed by atoms with van der Waals surface area (Å²) in [7, 11) is -3.71. The fourth-order valence-electron chi connectivity index (χ4n) is 4.48. The van der Waals surface area contributed by atoms with Crippen molar-refractivity contribution in [3.63, 3.8) is 0 Å². The Morgan fingerprint density at radius 3 is 2.65 bits per heavy atom.